The number of carbonyl (C=O) groups is 3. The molecule has 0 saturated carbocycles. The molecular formula is C20H17N3O7S. The number of ether oxygens (including phenoxy) is 1. The van der Waals surface area contributed by atoms with Crippen molar-refractivity contribution in [3.63, 3.8) is 0 Å². The zero-order chi connectivity index (χ0) is 22.5. The van der Waals surface area contributed by atoms with E-state index in [2.05, 4.69) is 5.32 Å². The van der Waals surface area contributed by atoms with Gasteiger partial charge in [-0.1, -0.05) is 18.2 Å². The SMILES string of the molecule is COc1ccc(CNC(=O)CN2C(=O)S/C(=C\c3ccc(O)c([N+](=O)[O-])c3)C2=O)cc1. The molecule has 0 radical (unpaired) electrons. The Morgan fingerprint density at radius 1 is 1.26 bits per heavy atom. The highest BCUT2D eigenvalue weighted by Crippen LogP contribution is 2.34. The molecule has 1 heterocycles. The molecule has 3 rings (SSSR count). The Balaban J connectivity index is 1.64. The number of aromatic hydroxyl groups is 1. The fourth-order valence-corrected chi connectivity index (χ4v) is 3.55. The number of methoxy groups -OCH3 is 1. The Morgan fingerprint density at radius 3 is 2.61 bits per heavy atom. The zero-order valence-electron chi connectivity index (χ0n) is 16.2. The molecule has 160 valence electrons. The molecule has 3 amide bonds. The largest absolute Gasteiger partial charge is 0.502 e. The minimum absolute atomic E-state index is 0.0212. The number of nitro benzene ring substituents is 1. The quantitative estimate of drug-likeness (QED) is 0.378. The van der Waals surface area contributed by atoms with E-state index in [4.69, 9.17) is 4.74 Å². The predicted octanol–water partition coefficient (Wildman–Crippen LogP) is 2.66. The number of hydrogen-bond acceptors (Lipinski definition) is 8. The van der Waals surface area contributed by atoms with Crippen LogP contribution >= 0.6 is 11.8 Å². The van der Waals surface area contributed by atoms with Gasteiger partial charge in [0, 0.05) is 12.6 Å². The van der Waals surface area contributed by atoms with E-state index in [1.165, 1.54) is 12.1 Å². The summed E-state index contributed by atoms with van der Waals surface area (Å²) in [5.41, 5.74) is 0.557. The van der Waals surface area contributed by atoms with E-state index < -0.39 is 40.0 Å². The Morgan fingerprint density at radius 2 is 1.97 bits per heavy atom. The van der Waals surface area contributed by atoms with E-state index >= 15 is 0 Å². The van der Waals surface area contributed by atoms with Crippen molar-refractivity contribution in [2.75, 3.05) is 13.7 Å². The summed E-state index contributed by atoms with van der Waals surface area (Å²) in [4.78, 5) is 47.9. The van der Waals surface area contributed by atoms with E-state index in [1.807, 2.05) is 0 Å². The molecule has 1 aliphatic rings. The Bertz CT molecular complexity index is 1080. The van der Waals surface area contributed by atoms with Crippen molar-refractivity contribution in [3.8, 4) is 11.5 Å². The number of rotatable bonds is 7. The van der Waals surface area contributed by atoms with Crippen LogP contribution in [0.2, 0.25) is 0 Å². The minimum atomic E-state index is -0.758. The van der Waals surface area contributed by atoms with E-state index in [9.17, 15) is 29.6 Å². The summed E-state index contributed by atoms with van der Waals surface area (Å²) in [6, 6.07) is 10.6. The van der Waals surface area contributed by atoms with Gasteiger partial charge in [0.05, 0.1) is 16.9 Å². The fourth-order valence-electron chi connectivity index (χ4n) is 2.71. The molecule has 31 heavy (non-hydrogen) atoms. The number of nitrogens with one attached hydrogen (secondary N) is 1. The van der Waals surface area contributed by atoms with Crippen LogP contribution in [0.15, 0.2) is 47.4 Å². The van der Waals surface area contributed by atoms with Crippen LogP contribution in [-0.2, 0) is 16.1 Å². The zero-order valence-corrected chi connectivity index (χ0v) is 17.0. The standard InChI is InChI=1S/C20H17N3O7S/c1-30-14-5-2-12(3-6-14)10-21-18(25)11-22-19(26)17(31-20(22)27)9-13-4-7-16(24)15(8-13)23(28)29/h2-9,24H,10-11H2,1H3,(H,21,25)/b17-9-. The van der Waals surface area contributed by atoms with Crippen LogP contribution < -0.4 is 10.1 Å². The molecule has 2 N–H and O–H groups in total. The molecule has 10 nitrogen and oxygen atoms in total. The smallest absolute Gasteiger partial charge is 0.311 e. The topological polar surface area (TPSA) is 139 Å². The van der Waals surface area contributed by atoms with Crippen LogP contribution in [0.5, 0.6) is 11.5 Å². The van der Waals surface area contributed by atoms with Gasteiger partial charge in [-0.15, -0.1) is 0 Å². The van der Waals surface area contributed by atoms with E-state index in [1.54, 1.807) is 31.4 Å². The number of nitro groups is 1. The van der Waals surface area contributed by atoms with Gasteiger partial charge >= 0.3 is 5.69 Å². The lowest BCUT2D eigenvalue weighted by Gasteiger charge is -2.12. The van der Waals surface area contributed by atoms with E-state index in [0.29, 0.717) is 17.5 Å². The van der Waals surface area contributed by atoms with Crippen LogP contribution in [-0.4, -0.2) is 45.6 Å². The van der Waals surface area contributed by atoms with Crippen molar-refractivity contribution >= 4 is 40.6 Å². The number of phenols is 1. The van der Waals surface area contributed by atoms with Gasteiger partial charge in [-0.05, 0) is 47.2 Å². The van der Waals surface area contributed by atoms with Crippen LogP contribution in [0.3, 0.4) is 0 Å². The molecular weight excluding hydrogens is 426 g/mol. The van der Waals surface area contributed by atoms with Crippen LogP contribution in [0.25, 0.3) is 6.08 Å². The summed E-state index contributed by atoms with van der Waals surface area (Å²) < 4.78 is 5.06. The third-order valence-corrected chi connectivity index (χ3v) is 5.23. The third-order valence-electron chi connectivity index (χ3n) is 4.32. The Labute approximate surface area is 180 Å². The maximum atomic E-state index is 12.5. The molecule has 0 aromatic heterocycles. The van der Waals surface area contributed by atoms with E-state index in [0.717, 1.165) is 22.6 Å². The van der Waals surface area contributed by atoms with Crippen molar-refractivity contribution < 1.29 is 29.2 Å². The highest BCUT2D eigenvalue weighted by molar-refractivity contribution is 8.18. The maximum absolute atomic E-state index is 12.5. The second kappa shape index (κ2) is 9.30. The van der Waals surface area contributed by atoms with Crippen LogP contribution in [0.1, 0.15) is 11.1 Å². The van der Waals surface area contributed by atoms with Gasteiger partial charge in [0.2, 0.25) is 5.91 Å². The average Bonchev–Trinajstić information content (AvgIpc) is 3.01. The number of hydrogen-bond donors (Lipinski definition) is 2. The normalized spacial score (nSPS) is 14.7. The Kier molecular flexibility index (Phi) is 6.55. The number of benzene rings is 2. The third kappa shape index (κ3) is 5.20. The van der Waals surface area contributed by atoms with Gasteiger partial charge < -0.3 is 15.2 Å². The van der Waals surface area contributed by atoms with Crippen LogP contribution in [0, 0.1) is 10.1 Å². The van der Waals surface area contributed by atoms with Gasteiger partial charge in [-0.3, -0.25) is 29.4 Å². The highest BCUT2D eigenvalue weighted by Gasteiger charge is 2.36. The van der Waals surface area contributed by atoms with E-state index in [-0.39, 0.29) is 17.0 Å². The monoisotopic (exact) mass is 443 g/mol. The number of nitrogens with zero attached hydrogens (tertiary/aromatic N) is 2. The first-order valence-electron chi connectivity index (χ1n) is 8.91. The molecule has 1 saturated heterocycles. The fraction of sp³-hybridized carbons (Fsp3) is 0.150. The van der Waals surface area contributed by atoms with Crippen molar-refractivity contribution in [1.82, 2.24) is 10.2 Å². The number of amides is 3. The van der Waals surface area contributed by atoms with Crippen molar-refractivity contribution in [2.45, 2.75) is 6.54 Å². The van der Waals surface area contributed by atoms with Gasteiger partial charge in [-0.2, -0.15) is 0 Å². The molecule has 1 aliphatic heterocycles. The number of imide groups is 1. The first kappa shape index (κ1) is 21.8. The summed E-state index contributed by atoms with van der Waals surface area (Å²) in [5, 5.41) is 22.5. The number of phenolic OH excluding ortho intramolecular Hbond substituents is 1. The summed E-state index contributed by atoms with van der Waals surface area (Å²) in [7, 11) is 1.55. The summed E-state index contributed by atoms with van der Waals surface area (Å²) >= 11 is 0.628. The average molecular weight is 443 g/mol. The molecule has 0 aliphatic carbocycles. The van der Waals surface area contributed by atoms with Crippen molar-refractivity contribution in [2.24, 2.45) is 0 Å². The predicted molar refractivity (Wildman–Crippen MR) is 112 cm³/mol. The summed E-state index contributed by atoms with van der Waals surface area (Å²) in [6.45, 7) is -0.236. The highest BCUT2D eigenvalue weighted by atomic mass is 32.2. The van der Waals surface area contributed by atoms with Crippen molar-refractivity contribution in [1.29, 1.82) is 0 Å². The molecule has 1 fully saturated rings. The van der Waals surface area contributed by atoms with Gasteiger partial charge in [0.1, 0.15) is 12.3 Å². The maximum Gasteiger partial charge on any atom is 0.311 e. The number of carbonyl (C=O) groups excluding carboxylic acids is 3. The number of thioether (sulfide) groups is 1. The second-order valence-electron chi connectivity index (χ2n) is 6.40. The molecule has 11 heteroatoms. The van der Waals surface area contributed by atoms with Gasteiger partial charge in [0.25, 0.3) is 11.1 Å². The molecule has 2 aromatic carbocycles. The lowest BCUT2D eigenvalue weighted by molar-refractivity contribution is -0.385. The Hall–Kier alpha value is -3.86. The molecule has 0 bridgehead atoms. The summed E-state index contributed by atoms with van der Waals surface area (Å²) in [5.74, 6) is -1.02. The van der Waals surface area contributed by atoms with Crippen molar-refractivity contribution in [3.05, 3.63) is 68.6 Å². The lowest BCUT2D eigenvalue weighted by Crippen LogP contribution is -2.39. The second-order valence-corrected chi connectivity index (χ2v) is 7.39. The molecule has 0 atom stereocenters. The molecule has 2 aromatic rings. The minimum Gasteiger partial charge on any atom is -0.502 e. The van der Waals surface area contributed by atoms with Gasteiger partial charge in [-0.25, -0.2) is 0 Å². The molecule has 0 spiro atoms. The first-order valence-corrected chi connectivity index (χ1v) is 9.72. The lowest BCUT2D eigenvalue weighted by atomic mass is 10.1. The van der Waals surface area contributed by atoms with Gasteiger partial charge in [0.15, 0.2) is 5.75 Å². The summed E-state index contributed by atoms with van der Waals surface area (Å²) in [6.07, 6.45) is 1.30. The molecule has 0 unspecified atom stereocenters. The first-order chi connectivity index (χ1) is 14.8. The van der Waals surface area contributed by atoms with Crippen LogP contribution in [0.4, 0.5) is 10.5 Å².